The molecule has 0 spiro atoms. The number of nitrogens with two attached hydrogens (primary N) is 1. The van der Waals surface area contributed by atoms with Gasteiger partial charge in [-0.25, -0.2) is 0 Å². The summed E-state index contributed by atoms with van der Waals surface area (Å²) in [6.45, 7) is 7.33. The van der Waals surface area contributed by atoms with Crippen molar-refractivity contribution in [3.63, 3.8) is 0 Å². The Bertz CT molecular complexity index is 219. The highest BCUT2D eigenvalue weighted by molar-refractivity contribution is 5.76. The molecule has 1 rings (SSSR count). The summed E-state index contributed by atoms with van der Waals surface area (Å²) >= 11 is 0. The van der Waals surface area contributed by atoms with Gasteiger partial charge in [-0.3, -0.25) is 4.79 Å². The van der Waals surface area contributed by atoms with Gasteiger partial charge in [0.05, 0.1) is 18.8 Å². The number of hydrogen-bond donors (Lipinski definition) is 1. The van der Waals surface area contributed by atoms with E-state index in [1.807, 2.05) is 25.7 Å². The van der Waals surface area contributed by atoms with Crippen molar-refractivity contribution >= 4 is 5.91 Å². The molecule has 2 N–H and O–H groups in total. The number of amides is 1. The molecule has 3 atom stereocenters. The zero-order valence-electron chi connectivity index (χ0n) is 9.90. The fraction of sp³-hybridized carbons (Fsp3) is 0.909. The Morgan fingerprint density at radius 1 is 1.60 bits per heavy atom. The summed E-state index contributed by atoms with van der Waals surface area (Å²) in [6, 6.07) is 0.280. The SMILES string of the molecule is CC(N)CCC(=O)N1CCOC(C)C1C. The van der Waals surface area contributed by atoms with Crippen molar-refractivity contribution in [1.29, 1.82) is 0 Å². The molecule has 0 saturated carbocycles. The Morgan fingerprint density at radius 3 is 2.87 bits per heavy atom. The van der Waals surface area contributed by atoms with Gasteiger partial charge >= 0.3 is 0 Å². The lowest BCUT2D eigenvalue weighted by Gasteiger charge is -2.38. The van der Waals surface area contributed by atoms with Gasteiger partial charge in [-0.2, -0.15) is 0 Å². The van der Waals surface area contributed by atoms with Crippen molar-refractivity contribution in [3.05, 3.63) is 0 Å². The standard InChI is InChI=1S/C11H22N2O2/c1-8(12)4-5-11(14)13-6-7-15-10(3)9(13)2/h8-10H,4-7,12H2,1-3H3. The first-order chi connectivity index (χ1) is 7.02. The molecular weight excluding hydrogens is 192 g/mol. The number of rotatable bonds is 3. The maximum absolute atomic E-state index is 11.9. The largest absolute Gasteiger partial charge is 0.375 e. The van der Waals surface area contributed by atoms with Gasteiger partial charge in [0.25, 0.3) is 0 Å². The molecule has 1 aliphatic heterocycles. The lowest BCUT2D eigenvalue weighted by molar-refractivity contribution is -0.144. The molecule has 1 amide bonds. The molecule has 15 heavy (non-hydrogen) atoms. The highest BCUT2D eigenvalue weighted by atomic mass is 16.5. The Morgan fingerprint density at radius 2 is 2.27 bits per heavy atom. The molecule has 1 saturated heterocycles. The zero-order valence-corrected chi connectivity index (χ0v) is 9.90. The van der Waals surface area contributed by atoms with Crippen LogP contribution in [0.15, 0.2) is 0 Å². The minimum Gasteiger partial charge on any atom is -0.375 e. The Balaban J connectivity index is 2.43. The number of ether oxygens (including phenoxy) is 1. The molecule has 0 aromatic rings. The van der Waals surface area contributed by atoms with E-state index in [4.69, 9.17) is 10.5 Å². The summed E-state index contributed by atoms with van der Waals surface area (Å²) in [7, 11) is 0. The Kier molecular flexibility index (Phi) is 4.54. The van der Waals surface area contributed by atoms with E-state index >= 15 is 0 Å². The second-order valence-corrected chi connectivity index (χ2v) is 4.42. The highest BCUT2D eigenvalue weighted by Gasteiger charge is 2.28. The van der Waals surface area contributed by atoms with Crippen molar-refractivity contribution in [2.24, 2.45) is 5.73 Å². The van der Waals surface area contributed by atoms with Gasteiger partial charge in [-0.05, 0) is 27.2 Å². The van der Waals surface area contributed by atoms with Crippen LogP contribution in [0.1, 0.15) is 33.6 Å². The van der Waals surface area contributed by atoms with Gasteiger partial charge in [-0.15, -0.1) is 0 Å². The molecule has 0 aromatic heterocycles. The third kappa shape index (κ3) is 3.47. The fourth-order valence-electron chi connectivity index (χ4n) is 1.78. The zero-order chi connectivity index (χ0) is 11.4. The predicted octanol–water partition coefficient (Wildman–Crippen LogP) is 0.750. The van der Waals surface area contributed by atoms with E-state index in [0.717, 1.165) is 6.42 Å². The van der Waals surface area contributed by atoms with E-state index in [1.165, 1.54) is 0 Å². The second kappa shape index (κ2) is 5.47. The van der Waals surface area contributed by atoms with Crippen LogP contribution in [0.25, 0.3) is 0 Å². The van der Waals surface area contributed by atoms with E-state index in [0.29, 0.717) is 19.6 Å². The number of hydrogen-bond acceptors (Lipinski definition) is 3. The molecular formula is C11H22N2O2. The maximum atomic E-state index is 11.9. The summed E-state index contributed by atoms with van der Waals surface area (Å²) in [6.07, 6.45) is 1.45. The third-order valence-electron chi connectivity index (χ3n) is 3.02. The van der Waals surface area contributed by atoms with Crippen LogP contribution in [0, 0.1) is 0 Å². The van der Waals surface area contributed by atoms with Gasteiger partial charge in [-0.1, -0.05) is 0 Å². The Labute approximate surface area is 91.8 Å². The van der Waals surface area contributed by atoms with Crippen molar-refractivity contribution < 1.29 is 9.53 Å². The summed E-state index contributed by atoms with van der Waals surface area (Å²) in [5.74, 6) is 0.204. The molecule has 1 heterocycles. The lowest BCUT2D eigenvalue weighted by atomic mass is 10.1. The number of carbonyl (C=O) groups is 1. The first kappa shape index (κ1) is 12.5. The molecule has 4 nitrogen and oxygen atoms in total. The van der Waals surface area contributed by atoms with Crippen LogP contribution in [0.2, 0.25) is 0 Å². The van der Waals surface area contributed by atoms with Crippen molar-refractivity contribution in [1.82, 2.24) is 4.90 Å². The maximum Gasteiger partial charge on any atom is 0.223 e. The molecule has 1 aliphatic rings. The van der Waals surface area contributed by atoms with Crippen LogP contribution >= 0.6 is 0 Å². The van der Waals surface area contributed by atoms with Gasteiger partial charge in [0, 0.05) is 19.0 Å². The topological polar surface area (TPSA) is 55.6 Å². The average Bonchev–Trinajstić information content (AvgIpc) is 2.18. The first-order valence-corrected chi connectivity index (χ1v) is 5.69. The lowest BCUT2D eigenvalue weighted by Crippen LogP contribution is -2.51. The minimum absolute atomic E-state index is 0.0997. The number of morpholine rings is 1. The van der Waals surface area contributed by atoms with Crippen LogP contribution in [0.4, 0.5) is 0 Å². The van der Waals surface area contributed by atoms with Crippen LogP contribution in [0.3, 0.4) is 0 Å². The van der Waals surface area contributed by atoms with Crippen molar-refractivity contribution in [2.75, 3.05) is 13.2 Å². The van der Waals surface area contributed by atoms with E-state index in [2.05, 4.69) is 0 Å². The number of carbonyl (C=O) groups excluding carboxylic acids is 1. The van der Waals surface area contributed by atoms with E-state index < -0.39 is 0 Å². The van der Waals surface area contributed by atoms with Gasteiger partial charge in [0.1, 0.15) is 0 Å². The normalized spacial score (nSPS) is 28.9. The van der Waals surface area contributed by atoms with Crippen LogP contribution in [0.5, 0.6) is 0 Å². The Hall–Kier alpha value is -0.610. The predicted molar refractivity (Wildman–Crippen MR) is 59.5 cm³/mol. The van der Waals surface area contributed by atoms with Gasteiger partial charge in [0.15, 0.2) is 0 Å². The molecule has 3 unspecified atom stereocenters. The van der Waals surface area contributed by atoms with Crippen LogP contribution in [-0.2, 0) is 9.53 Å². The third-order valence-corrected chi connectivity index (χ3v) is 3.02. The van der Waals surface area contributed by atoms with E-state index in [-0.39, 0.29) is 24.1 Å². The van der Waals surface area contributed by atoms with Gasteiger partial charge < -0.3 is 15.4 Å². The first-order valence-electron chi connectivity index (χ1n) is 5.69. The molecule has 0 radical (unpaired) electrons. The summed E-state index contributed by atoms with van der Waals surface area (Å²) in [4.78, 5) is 13.8. The minimum atomic E-state index is 0.0997. The molecule has 4 heteroatoms. The average molecular weight is 214 g/mol. The molecule has 1 fully saturated rings. The monoisotopic (exact) mass is 214 g/mol. The number of nitrogens with zero attached hydrogens (tertiary/aromatic N) is 1. The molecule has 0 bridgehead atoms. The summed E-state index contributed by atoms with van der Waals surface area (Å²) in [5.41, 5.74) is 5.64. The van der Waals surface area contributed by atoms with Crippen LogP contribution < -0.4 is 5.73 Å². The van der Waals surface area contributed by atoms with Crippen LogP contribution in [-0.4, -0.2) is 42.1 Å². The quantitative estimate of drug-likeness (QED) is 0.754. The van der Waals surface area contributed by atoms with Gasteiger partial charge in [0.2, 0.25) is 5.91 Å². The smallest absolute Gasteiger partial charge is 0.223 e. The molecule has 0 aromatic carbocycles. The highest BCUT2D eigenvalue weighted by Crippen LogP contribution is 2.15. The van der Waals surface area contributed by atoms with E-state index in [9.17, 15) is 4.79 Å². The summed E-state index contributed by atoms with van der Waals surface area (Å²) < 4.78 is 5.48. The van der Waals surface area contributed by atoms with Crippen molar-refractivity contribution in [3.8, 4) is 0 Å². The molecule has 88 valence electrons. The molecule has 0 aliphatic carbocycles. The second-order valence-electron chi connectivity index (χ2n) is 4.42. The summed E-state index contributed by atoms with van der Waals surface area (Å²) in [5, 5.41) is 0. The van der Waals surface area contributed by atoms with E-state index in [1.54, 1.807) is 0 Å². The van der Waals surface area contributed by atoms with Crippen molar-refractivity contribution in [2.45, 2.75) is 51.8 Å². The fourth-order valence-corrected chi connectivity index (χ4v) is 1.78.